The first-order chi connectivity index (χ1) is 13.0. The number of rotatable bonds is 14. The van der Waals surface area contributed by atoms with E-state index in [2.05, 4.69) is 38.8 Å². The normalized spacial score (nSPS) is 13.1. The molecule has 27 heavy (non-hydrogen) atoms. The third kappa shape index (κ3) is 10.2. The van der Waals surface area contributed by atoms with Gasteiger partial charge in [-0.15, -0.1) is 0 Å². The molecule has 0 amide bonds. The summed E-state index contributed by atoms with van der Waals surface area (Å²) in [6.07, 6.45) is 11.3. The number of halogens is 2. The number of hydrogen-bond donors (Lipinski definition) is 0. The Morgan fingerprint density at radius 3 is 2.11 bits per heavy atom. The van der Waals surface area contributed by atoms with E-state index in [1.807, 2.05) is 0 Å². The number of benzene rings is 1. The quantitative estimate of drug-likeness (QED) is 0.0913. The lowest BCUT2D eigenvalue weighted by Crippen LogP contribution is -2.22. The molecule has 152 valence electrons. The number of esters is 1. The van der Waals surface area contributed by atoms with E-state index in [0.29, 0.717) is 5.56 Å². The molecule has 0 spiro atoms. The zero-order valence-corrected chi connectivity index (χ0v) is 19.0. The van der Waals surface area contributed by atoms with Crippen molar-refractivity contribution < 1.29 is 14.5 Å². The maximum absolute atomic E-state index is 12.0. The number of alkyl halides is 2. The van der Waals surface area contributed by atoms with Gasteiger partial charge in [0.05, 0.1) is 15.3 Å². The van der Waals surface area contributed by atoms with Crippen molar-refractivity contribution in [2.24, 2.45) is 0 Å². The van der Waals surface area contributed by atoms with Crippen LogP contribution < -0.4 is 0 Å². The van der Waals surface area contributed by atoms with Gasteiger partial charge >= 0.3 is 5.97 Å². The molecule has 0 aliphatic carbocycles. The molecule has 2 atom stereocenters. The van der Waals surface area contributed by atoms with Crippen LogP contribution in [0.1, 0.15) is 75.1 Å². The van der Waals surface area contributed by atoms with Crippen LogP contribution in [-0.2, 0) is 4.74 Å². The molecule has 0 saturated heterocycles. The molecular weight excluding hydrogens is 478 g/mol. The van der Waals surface area contributed by atoms with E-state index in [4.69, 9.17) is 4.74 Å². The fourth-order valence-electron chi connectivity index (χ4n) is 2.72. The molecule has 0 radical (unpaired) electrons. The summed E-state index contributed by atoms with van der Waals surface area (Å²) in [7, 11) is 0. The smallest absolute Gasteiger partial charge is 0.338 e. The van der Waals surface area contributed by atoms with Gasteiger partial charge in [-0.2, -0.15) is 0 Å². The molecule has 0 unspecified atom stereocenters. The van der Waals surface area contributed by atoms with Crippen LogP contribution in [0.2, 0.25) is 0 Å². The average molecular weight is 507 g/mol. The standard InChI is InChI=1S/C20H29Br2NO4/c1-2-3-4-5-6-7-8-9-10-18(21)19(22)15-27-20(24)16-11-13-17(14-12-16)23(25)26/h11-14,18-19H,2-10,15H2,1H3/t18-,19+/m1/s1. The van der Waals surface area contributed by atoms with Crippen molar-refractivity contribution in [1.29, 1.82) is 0 Å². The Morgan fingerprint density at radius 2 is 1.56 bits per heavy atom. The second-order valence-electron chi connectivity index (χ2n) is 6.70. The zero-order valence-electron chi connectivity index (χ0n) is 15.9. The lowest BCUT2D eigenvalue weighted by atomic mass is 10.1. The SMILES string of the molecule is CCCCCCCCCC[C@@H](Br)[C@@H](Br)COC(=O)c1ccc([N+](=O)[O-])cc1. The molecule has 1 rings (SSSR count). The Bertz CT molecular complexity index is 566. The first-order valence-electron chi connectivity index (χ1n) is 9.65. The van der Waals surface area contributed by atoms with Gasteiger partial charge in [0.2, 0.25) is 0 Å². The second kappa shape index (κ2) is 14.1. The highest BCUT2D eigenvalue weighted by atomic mass is 79.9. The monoisotopic (exact) mass is 505 g/mol. The van der Waals surface area contributed by atoms with Crippen molar-refractivity contribution in [3.05, 3.63) is 39.9 Å². The van der Waals surface area contributed by atoms with Crippen LogP contribution >= 0.6 is 31.9 Å². The van der Waals surface area contributed by atoms with Crippen LogP contribution in [-0.4, -0.2) is 27.2 Å². The van der Waals surface area contributed by atoms with E-state index < -0.39 is 10.9 Å². The van der Waals surface area contributed by atoms with Gasteiger partial charge in [-0.3, -0.25) is 10.1 Å². The fraction of sp³-hybridized carbons (Fsp3) is 0.650. The highest BCUT2D eigenvalue weighted by Crippen LogP contribution is 2.22. The Balaban J connectivity index is 2.19. The first-order valence-corrected chi connectivity index (χ1v) is 11.5. The van der Waals surface area contributed by atoms with Gasteiger partial charge < -0.3 is 4.74 Å². The summed E-state index contributed by atoms with van der Waals surface area (Å²) in [5.41, 5.74) is 0.269. The molecule has 0 aromatic heterocycles. The summed E-state index contributed by atoms with van der Waals surface area (Å²) >= 11 is 7.24. The molecule has 0 saturated carbocycles. The highest BCUT2D eigenvalue weighted by molar-refractivity contribution is 9.12. The van der Waals surface area contributed by atoms with Crippen molar-refractivity contribution in [2.45, 2.75) is 74.4 Å². The fourth-order valence-corrected chi connectivity index (χ4v) is 3.59. The molecule has 7 heteroatoms. The van der Waals surface area contributed by atoms with Crippen LogP contribution in [0.25, 0.3) is 0 Å². The molecule has 0 N–H and O–H groups in total. The molecule has 1 aromatic carbocycles. The number of unbranched alkanes of at least 4 members (excludes halogenated alkanes) is 7. The molecule has 0 fully saturated rings. The van der Waals surface area contributed by atoms with Gasteiger partial charge in [-0.1, -0.05) is 90.2 Å². The number of nitro benzene ring substituents is 1. The molecule has 0 bridgehead atoms. The number of carbonyl (C=O) groups is 1. The summed E-state index contributed by atoms with van der Waals surface area (Å²) in [5, 5.41) is 10.6. The molecule has 5 nitrogen and oxygen atoms in total. The zero-order chi connectivity index (χ0) is 20.1. The largest absolute Gasteiger partial charge is 0.461 e. The summed E-state index contributed by atoms with van der Waals surface area (Å²) in [4.78, 5) is 22.4. The lowest BCUT2D eigenvalue weighted by molar-refractivity contribution is -0.384. The molecular formula is C20H29Br2NO4. The van der Waals surface area contributed by atoms with Gasteiger partial charge in [-0.05, 0) is 18.6 Å². The van der Waals surface area contributed by atoms with Crippen molar-refractivity contribution in [3.8, 4) is 0 Å². The van der Waals surface area contributed by atoms with Gasteiger partial charge in [0, 0.05) is 17.0 Å². The summed E-state index contributed by atoms with van der Waals surface area (Å²) < 4.78 is 5.31. The van der Waals surface area contributed by atoms with E-state index in [1.54, 1.807) is 0 Å². The lowest BCUT2D eigenvalue weighted by Gasteiger charge is -2.17. The Morgan fingerprint density at radius 1 is 1.00 bits per heavy atom. The minimum atomic E-state index is -0.496. The average Bonchev–Trinajstić information content (AvgIpc) is 2.67. The van der Waals surface area contributed by atoms with E-state index >= 15 is 0 Å². The first kappa shape index (κ1) is 24.1. The molecule has 0 aliphatic heterocycles. The maximum Gasteiger partial charge on any atom is 0.338 e. The minimum absolute atomic E-state index is 0.0315. The number of non-ortho nitro benzene ring substituents is 1. The Labute approximate surface area is 178 Å². The van der Waals surface area contributed by atoms with E-state index in [9.17, 15) is 14.9 Å². The predicted octanol–water partition coefficient (Wildman–Crippen LogP) is 6.81. The summed E-state index contributed by atoms with van der Waals surface area (Å²) in [5.74, 6) is -0.471. The van der Waals surface area contributed by atoms with Crippen LogP contribution in [0.3, 0.4) is 0 Å². The molecule has 0 heterocycles. The number of carbonyl (C=O) groups excluding carboxylic acids is 1. The van der Waals surface area contributed by atoms with E-state index in [1.165, 1.54) is 69.2 Å². The highest BCUT2D eigenvalue weighted by Gasteiger charge is 2.18. The van der Waals surface area contributed by atoms with Crippen molar-refractivity contribution >= 4 is 43.5 Å². The number of nitrogens with zero attached hydrogens (tertiary/aromatic N) is 1. The second-order valence-corrected chi connectivity index (χ2v) is 9.05. The van der Waals surface area contributed by atoms with Crippen LogP contribution in [0.4, 0.5) is 5.69 Å². The van der Waals surface area contributed by atoms with Crippen molar-refractivity contribution in [3.63, 3.8) is 0 Å². The van der Waals surface area contributed by atoms with Gasteiger partial charge in [0.25, 0.3) is 5.69 Å². The van der Waals surface area contributed by atoms with Gasteiger partial charge in [0.1, 0.15) is 6.61 Å². The predicted molar refractivity (Wildman–Crippen MR) is 116 cm³/mol. The number of ether oxygens (including phenoxy) is 1. The molecule has 0 aliphatic rings. The summed E-state index contributed by atoms with van der Waals surface area (Å²) in [6.45, 7) is 2.48. The Kier molecular flexibility index (Phi) is 12.6. The van der Waals surface area contributed by atoms with Crippen molar-refractivity contribution in [1.82, 2.24) is 0 Å². The third-order valence-electron chi connectivity index (χ3n) is 4.41. The van der Waals surface area contributed by atoms with Crippen LogP contribution in [0.15, 0.2) is 24.3 Å². The van der Waals surface area contributed by atoms with Gasteiger partial charge in [0.15, 0.2) is 0 Å². The third-order valence-corrected chi connectivity index (χ3v) is 7.12. The van der Waals surface area contributed by atoms with E-state index in [-0.39, 0.29) is 21.9 Å². The van der Waals surface area contributed by atoms with Gasteiger partial charge in [-0.25, -0.2) is 4.79 Å². The van der Waals surface area contributed by atoms with Crippen LogP contribution in [0, 0.1) is 10.1 Å². The van der Waals surface area contributed by atoms with Crippen molar-refractivity contribution in [2.75, 3.05) is 6.61 Å². The summed E-state index contributed by atoms with van der Waals surface area (Å²) in [6, 6.07) is 5.43. The maximum atomic E-state index is 12.0. The number of hydrogen-bond acceptors (Lipinski definition) is 4. The van der Waals surface area contributed by atoms with Crippen LogP contribution in [0.5, 0.6) is 0 Å². The Hall–Kier alpha value is -0.950. The topological polar surface area (TPSA) is 69.4 Å². The number of nitro groups is 1. The molecule has 1 aromatic rings. The van der Waals surface area contributed by atoms with E-state index in [0.717, 1.165) is 12.8 Å². The minimum Gasteiger partial charge on any atom is -0.461 e.